The van der Waals surface area contributed by atoms with E-state index in [9.17, 15) is 4.79 Å². The first-order valence-electron chi connectivity index (χ1n) is 6.84. The summed E-state index contributed by atoms with van der Waals surface area (Å²) in [5, 5.41) is 2.82. The maximum absolute atomic E-state index is 12.2. The molecule has 1 aromatic heterocycles. The molecule has 0 aliphatic rings. The van der Waals surface area contributed by atoms with E-state index in [-0.39, 0.29) is 5.91 Å². The van der Waals surface area contributed by atoms with Crippen molar-refractivity contribution in [3.8, 4) is 5.75 Å². The Morgan fingerprint density at radius 1 is 1.24 bits per heavy atom. The molecular formula is C16H20N2O3. The second-order valence-electron chi connectivity index (χ2n) is 4.91. The number of rotatable bonds is 7. The van der Waals surface area contributed by atoms with Gasteiger partial charge in [-0.1, -0.05) is 12.1 Å². The molecule has 2 rings (SSSR count). The van der Waals surface area contributed by atoms with E-state index in [1.807, 2.05) is 37.2 Å². The van der Waals surface area contributed by atoms with Gasteiger partial charge < -0.3 is 19.4 Å². The summed E-state index contributed by atoms with van der Waals surface area (Å²) in [6, 6.07) is 10.8. The van der Waals surface area contributed by atoms with Crippen molar-refractivity contribution in [1.29, 1.82) is 0 Å². The number of benzene rings is 1. The topological polar surface area (TPSA) is 54.7 Å². The number of hydrogen-bond donors (Lipinski definition) is 1. The predicted octanol–water partition coefficient (Wildman–Crippen LogP) is 2.15. The minimum atomic E-state index is -0.174. The monoisotopic (exact) mass is 288 g/mol. The van der Waals surface area contributed by atoms with Crippen LogP contribution in [0.2, 0.25) is 0 Å². The Hall–Kier alpha value is -2.27. The average Bonchev–Trinajstić information content (AvgIpc) is 2.98. The molecule has 0 bridgehead atoms. The van der Waals surface area contributed by atoms with Gasteiger partial charge in [-0.25, -0.2) is 0 Å². The van der Waals surface area contributed by atoms with Gasteiger partial charge in [-0.3, -0.25) is 4.79 Å². The van der Waals surface area contributed by atoms with E-state index in [2.05, 4.69) is 5.32 Å². The molecule has 0 atom stereocenters. The van der Waals surface area contributed by atoms with E-state index in [0.717, 1.165) is 6.54 Å². The molecule has 1 heterocycles. The third-order valence-corrected chi connectivity index (χ3v) is 2.93. The van der Waals surface area contributed by atoms with Crippen molar-refractivity contribution < 1.29 is 13.9 Å². The van der Waals surface area contributed by atoms with Gasteiger partial charge in [-0.05, 0) is 38.4 Å². The lowest BCUT2D eigenvalue weighted by Gasteiger charge is -2.13. The highest BCUT2D eigenvalue weighted by atomic mass is 16.5. The van der Waals surface area contributed by atoms with E-state index < -0.39 is 0 Å². The molecule has 0 unspecified atom stereocenters. The molecule has 112 valence electrons. The second-order valence-corrected chi connectivity index (χ2v) is 4.91. The molecule has 0 fully saturated rings. The van der Waals surface area contributed by atoms with Crippen LogP contribution in [0.1, 0.15) is 16.1 Å². The molecular weight excluding hydrogens is 268 g/mol. The highest BCUT2D eigenvalue weighted by Gasteiger charge is 2.12. The minimum absolute atomic E-state index is 0.174. The molecule has 0 spiro atoms. The summed E-state index contributed by atoms with van der Waals surface area (Å²) < 4.78 is 10.9. The summed E-state index contributed by atoms with van der Waals surface area (Å²) in [5.41, 5.74) is 0.530. The molecule has 0 radical (unpaired) electrons. The molecule has 0 saturated carbocycles. The van der Waals surface area contributed by atoms with E-state index >= 15 is 0 Å². The summed E-state index contributed by atoms with van der Waals surface area (Å²) in [6.45, 7) is 1.69. The van der Waals surface area contributed by atoms with Crippen LogP contribution in [0.15, 0.2) is 47.1 Å². The maximum Gasteiger partial charge on any atom is 0.255 e. The maximum atomic E-state index is 12.2. The van der Waals surface area contributed by atoms with Gasteiger partial charge in [0.1, 0.15) is 18.1 Å². The standard InChI is InChI=1S/C16H20N2O3/c1-18(2)9-11-21-15-8-4-3-7-14(15)16(19)17-12-13-6-5-10-20-13/h3-8,10H,9,11-12H2,1-2H3,(H,17,19). The van der Waals surface area contributed by atoms with Crippen LogP contribution < -0.4 is 10.1 Å². The predicted molar refractivity (Wildman–Crippen MR) is 80.4 cm³/mol. The minimum Gasteiger partial charge on any atom is -0.491 e. The zero-order chi connectivity index (χ0) is 15.1. The summed E-state index contributed by atoms with van der Waals surface area (Å²) >= 11 is 0. The number of likely N-dealkylation sites (N-methyl/N-ethyl adjacent to an activating group) is 1. The molecule has 1 N–H and O–H groups in total. The number of carbonyl (C=O) groups is 1. The number of para-hydroxylation sites is 1. The fraction of sp³-hybridized carbons (Fsp3) is 0.312. The van der Waals surface area contributed by atoms with Gasteiger partial charge in [-0.2, -0.15) is 0 Å². The van der Waals surface area contributed by atoms with E-state index in [1.165, 1.54) is 0 Å². The molecule has 0 saturated heterocycles. The van der Waals surface area contributed by atoms with Crippen molar-refractivity contribution in [1.82, 2.24) is 10.2 Å². The van der Waals surface area contributed by atoms with Gasteiger partial charge in [0.15, 0.2) is 0 Å². The van der Waals surface area contributed by atoms with Gasteiger partial charge in [0.2, 0.25) is 0 Å². The number of hydrogen-bond acceptors (Lipinski definition) is 4. The first-order valence-corrected chi connectivity index (χ1v) is 6.84. The lowest BCUT2D eigenvalue weighted by molar-refractivity contribution is 0.0943. The highest BCUT2D eigenvalue weighted by Crippen LogP contribution is 2.18. The zero-order valence-electron chi connectivity index (χ0n) is 12.3. The average molecular weight is 288 g/mol. The van der Waals surface area contributed by atoms with E-state index in [1.54, 1.807) is 24.5 Å². The molecule has 1 aromatic carbocycles. The van der Waals surface area contributed by atoms with Gasteiger partial charge in [-0.15, -0.1) is 0 Å². The Labute approximate surface area is 124 Å². The molecule has 5 nitrogen and oxygen atoms in total. The first kappa shape index (κ1) is 15.1. The van der Waals surface area contributed by atoms with E-state index in [0.29, 0.717) is 30.2 Å². The Morgan fingerprint density at radius 2 is 2.05 bits per heavy atom. The van der Waals surface area contributed by atoms with Crippen LogP contribution in [0.5, 0.6) is 5.75 Å². The number of nitrogens with one attached hydrogen (secondary N) is 1. The molecule has 0 aliphatic heterocycles. The number of carbonyl (C=O) groups excluding carboxylic acids is 1. The SMILES string of the molecule is CN(C)CCOc1ccccc1C(=O)NCc1ccco1. The fourth-order valence-electron chi connectivity index (χ4n) is 1.79. The largest absolute Gasteiger partial charge is 0.491 e. The van der Waals surface area contributed by atoms with Crippen molar-refractivity contribution in [3.63, 3.8) is 0 Å². The normalized spacial score (nSPS) is 10.6. The Bertz CT molecular complexity index is 565. The number of nitrogens with zero attached hydrogens (tertiary/aromatic N) is 1. The van der Waals surface area contributed by atoms with Crippen LogP contribution in [-0.4, -0.2) is 38.1 Å². The quantitative estimate of drug-likeness (QED) is 0.848. The molecule has 21 heavy (non-hydrogen) atoms. The van der Waals surface area contributed by atoms with Gasteiger partial charge in [0.05, 0.1) is 18.4 Å². The molecule has 2 aromatic rings. The molecule has 5 heteroatoms. The number of ether oxygens (including phenoxy) is 1. The van der Waals surface area contributed by atoms with Crippen LogP contribution in [0.25, 0.3) is 0 Å². The molecule has 0 aliphatic carbocycles. The molecule has 1 amide bonds. The highest BCUT2D eigenvalue weighted by molar-refractivity contribution is 5.96. The van der Waals surface area contributed by atoms with E-state index in [4.69, 9.17) is 9.15 Å². The Morgan fingerprint density at radius 3 is 2.76 bits per heavy atom. The van der Waals surface area contributed by atoms with Crippen molar-refractivity contribution in [3.05, 3.63) is 54.0 Å². The van der Waals surface area contributed by atoms with Gasteiger partial charge >= 0.3 is 0 Å². The lowest BCUT2D eigenvalue weighted by Crippen LogP contribution is -2.24. The van der Waals surface area contributed by atoms with Crippen LogP contribution in [0, 0.1) is 0 Å². The van der Waals surface area contributed by atoms with Crippen molar-refractivity contribution in [2.75, 3.05) is 27.2 Å². The summed E-state index contributed by atoms with van der Waals surface area (Å²) in [5.74, 6) is 1.14. The number of furan rings is 1. The second kappa shape index (κ2) is 7.50. The van der Waals surface area contributed by atoms with Crippen LogP contribution in [0.3, 0.4) is 0 Å². The Kier molecular flexibility index (Phi) is 5.40. The van der Waals surface area contributed by atoms with Crippen LogP contribution >= 0.6 is 0 Å². The van der Waals surface area contributed by atoms with Crippen molar-refractivity contribution in [2.45, 2.75) is 6.54 Å². The fourth-order valence-corrected chi connectivity index (χ4v) is 1.79. The van der Waals surface area contributed by atoms with Crippen LogP contribution in [0.4, 0.5) is 0 Å². The number of amides is 1. The summed E-state index contributed by atoms with van der Waals surface area (Å²) in [7, 11) is 3.96. The smallest absolute Gasteiger partial charge is 0.255 e. The van der Waals surface area contributed by atoms with Crippen molar-refractivity contribution in [2.24, 2.45) is 0 Å². The Balaban J connectivity index is 1.96. The third kappa shape index (κ3) is 4.65. The van der Waals surface area contributed by atoms with Crippen LogP contribution in [-0.2, 0) is 6.54 Å². The van der Waals surface area contributed by atoms with Crippen molar-refractivity contribution >= 4 is 5.91 Å². The summed E-state index contributed by atoms with van der Waals surface area (Å²) in [6.07, 6.45) is 1.58. The first-order chi connectivity index (χ1) is 10.2. The zero-order valence-corrected chi connectivity index (χ0v) is 12.3. The lowest BCUT2D eigenvalue weighted by atomic mass is 10.2. The van der Waals surface area contributed by atoms with Gasteiger partial charge in [0.25, 0.3) is 5.91 Å². The summed E-state index contributed by atoms with van der Waals surface area (Å²) in [4.78, 5) is 14.2. The van der Waals surface area contributed by atoms with Gasteiger partial charge in [0, 0.05) is 6.54 Å². The third-order valence-electron chi connectivity index (χ3n) is 2.93.